The predicted molar refractivity (Wildman–Crippen MR) is 63.9 cm³/mol. The van der Waals surface area contributed by atoms with Gasteiger partial charge in [0.1, 0.15) is 5.71 Å². The maximum Gasteiger partial charge on any atom is 0.367 e. The van der Waals surface area contributed by atoms with Gasteiger partial charge in [-0.3, -0.25) is 4.79 Å². The Kier molecular flexibility index (Phi) is 2.96. The van der Waals surface area contributed by atoms with Crippen LogP contribution in [0.3, 0.4) is 0 Å². The highest BCUT2D eigenvalue weighted by molar-refractivity contribution is 7.98. The van der Waals surface area contributed by atoms with Gasteiger partial charge in [-0.05, 0) is 30.5 Å². The third-order valence-corrected chi connectivity index (χ3v) is 2.84. The molecule has 0 atom stereocenters. The number of thioether (sulfide) groups is 1. The van der Waals surface area contributed by atoms with Crippen molar-refractivity contribution < 1.29 is 9.59 Å². The molecule has 16 heavy (non-hydrogen) atoms. The van der Waals surface area contributed by atoms with Gasteiger partial charge >= 0.3 is 6.03 Å². The lowest BCUT2D eigenvalue weighted by Gasteiger charge is -1.99. The van der Waals surface area contributed by atoms with E-state index in [1.54, 1.807) is 23.9 Å². The summed E-state index contributed by atoms with van der Waals surface area (Å²) in [5, 5.41) is 0. The quantitative estimate of drug-likeness (QED) is 0.593. The molecule has 0 fully saturated rings. The average molecular weight is 232 g/mol. The summed E-state index contributed by atoms with van der Waals surface area (Å²) in [7, 11) is 0. The van der Waals surface area contributed by atoms with Crippen LogP contribution in [0.25, 0.3) is 0 Å². The molecule has 1 aromatic carbocycles. The Labute approximate surface area is 96.5 Å². The van der Waals surface area contributed by atoms with Gasteiger partial charge in [-0.25, -0.2) is 4.79 Å². The van der Waals surface area contributed by atoms with E-state index in [-0.39, 0.29) is 11.5 Å². The summed E-state index contributed by atoms with van der Waals surface area (Å²) in [5.41, 5.74) is 0.611. The number of aliphatic imine (C=N–C) groups is 2. The minimum absolute atomic E-state index is 0.0990. The highest BCUT2D eigenvalue weighted by Crippen LogP contribution is 2.15. The van der Waals surface area contributed by atoms with Gasteiger partial charge in [0.2, 0.25) is 5.78 Å². The van der Waals surface area contributed by atoms with Gasteiger partial charge < -0.3 is 0 Å². The Bertz CT molecular complexity index is 503. The lowest BCUT2D eigenvalue weighted by Crippen LogP contribution is -2.13. The Morgan fingerprint density at radius 2 is 1.94 bits per heavy atom. The number of hydrogen-bond acceptors (Lipinski definition) is 3. The van der Waals surface area contributed by atoms with Crippen LogP contribution in [-0.4, -0.2) is 30.0 Å². The summed E-state index contributed by atoms with van der Waals surface area (Å²) in [4.78, 5) is 30.6. The molecule has 5 heteroatoms. The summed E-state index contributed by atoms with van der Waals surface area (Å²) in [5.74, 6) is -0.276. The first kappa shape index (κ1) is 10.8. The van der Waals surface area contributed by atoms with Crippen LogP contribution < -0.4 is 0 Å². The zero-order chi connectivity index (χ0) is 11.5. The van der Waals surface area contributed by atoms with Crippen molar-refractivity contribution in [2.24, 2.45) is 9.98 Å². The van der Waals surface area contributed by atoms with E-state index in [1.807, 2.05) is 18.4 Å². The van der Waals surface area contributed by atoms with Gasteiger partial charge in [-0.2, -0.15) is 9.98 Å². The average Bonchev–Trinajstić information content (AvgIpc) is 2.75. The molecule has 0 unspecified atom stereocenters. The highest BCUT2D eigenvalue weighted by Gasteiger charge is 2.17. The number of nitrogens with zero attached hydrogens (tertiary/aromatic N) is 2. The SMILES string of the molecule is CSc1ccc(C(=O)C2=NC(=O)N=C2)cc1. The number of Topliss-reactive ketones (excluding diaryl/α,β-unsaturated/α-hetero) is 1. The fourth-order valence-corrected chi connectivity index (χ4v) is 1.69. The minimum atomic E-state index is -0.621. The zero-order valence-corrected chi connectivity index (χ0v) is 9.32. The first-order chi connectivity index (χ1) is 7.70. The van der Waals surface area contributed by atoms with E-state index in [0.717, 1.165) is 4.90 Å². The van der Waals surface area contributed by atoms with E-state index in [1.165, 1.54) is 6.21 Å². The summed E-state index contributed by atoms with van der Waals surface area (Å²) in [6, 6.07) is 6.52. The third-order valence-electron chi connectivity index (χ3n) is 2.10. The zero-order valence-electron chi connectivity index (χ0n) is 8.51. The van der Waals surface area contributed by atoms with Crippen molar-refractivity contribution in [3.8, 4) is 0 Å². The van der Waals surface area contributed by atoms with E-state index >= 15 is 0 Å². The van der Waals surface area contributed by atoms with Crippen LogP contribution in [0.4, 0.5) is 4.79 Å². The number of carbonyl (C=O) groups is 2. The molecule has 1 aliphatic heterocycles. The van der Waals surface area contributed by atoms with Gasteiger partial charge in [-0.1, -0.05) is 0 Å². The van der Waals surface area contributed by atoms with Crippen molar-refractivity contribution in [1.82, 2.24) is 0 Å². The second-order valence-electron chi connectivity index (χ2n) is 3.10. The number of urea groups is 1. The molecule has 0 saturated carbocycles. The van der Waals surface area contributed by atoms with Crippen LogP contribution >= 0.6 is 11.8 Å². The monoisotopic (exact) mass is 232 g/mol. The van der Waals surface area contributed by atoms with Crippen molar-refractivity contribution >= 4 is 35.5 Å². The summed E-state index contributed by atoms with van der Waals surface area (Å²) < 4.78 is 0. The molecule has 80 valence electrons. The van der Waals surface area contributed by atoms with Gasteiger partial charge in [-0.15, -0.1) is 11.8 Å². The van der Waals surface area contributed by atoms with Crippen LogP contribution in [0.1, 0.15) is 10.4 Å². The molecule has 4 nitrogen and oxygen atoms in total. The second-order valence-corrected chi connectivity index (χ2v) is 3.98. The largest absolute Gasteiger partial charge is 0.367 e. The molecule has 2 amide bonds. The number of carbonyl (C=O) groups excluding carboxylic acids is 2. The summed E-state index contributed by atoms with van der Waals surface area (Å²) in [6.07, 6.45) is 3.16. The third kappa shape index (κ3) is 2.09. The van der Waals surface area contributed by atoms with E-state index in [4.69, 9.17) is 0 Å². The van der Waals surface area contributed by atoms with Crippen molar-refractivity contribution in [1.29, 1.82) is 0 Å². The Morgan fingerprint density at radius 3 is 2.44 bits per heavy atom. The molecule has 1 heterocycles. The van der Waals surface area contributed by atoms with Crippen LogP contribution in [0, 0.1) is 0 Å². The van der Waals surface area contributed by atoms with E-state index < -0.39 is 6.03 Å². The smallest absolute Gasteiger partial charge is 0.287 e. The molecule has 1 aliphatic rings. The number of hydrogen-bond donors (Lipinski definition) is 0. The topological polar surface area (TPSA) is 58.9 Å². The fourth-order valence-electron chi connectivity index (χ4n) is 1.28. The fraction of sp³-hybridized carbons (Fsp3) is 0.0909. The Balaban J connectivity index is 2.25. The molecular formula is C11H8N2O2S. The summed E-state index contributed by atoms with van der Waals surface area (Å²) >= 11 is 1.60. The molecule has 0 saturated heterocycles. The predicted octanol–water partition coefficient (Wildman–Crippen LogP) is 2.24. The van der Waals surface area contributed by atoms with Gasteiger partial charge in [0, 0.05) is 10.5 Å². The van der Waals surface area contributed by atoms with Crippen molar-refractivity contribution in [3.05, 3.63) is 29.8 Å². The van der Waals surface area contributed by atoms with Gasteiger partial charge in [0.25, 0.3) is 0 Å². The Hall–Kier alpha value is -1.75. The van der Waals surface area contributed by atoms with Crippen LogP contribution in [0.15, 0.2) is 39.1 Å². The minimum Gasteiger partial charge on any atom is -0.287 e. The first-order valence-corrected chi connectivity index (χ1v) is 5.78. The number of ketones is 1. The van der Waals surface area contributed by atoms with Crippen molar-refractivity contribution in [2.75, 3.05) is 6.26 Å². The van der Waals surface area contributed by atoms with E-state index in [0.29, 0.717) is 5.56 Å². The number of benzene rings is 1. The maximum absolute atomic E-state index is 11.8. The van der Waals surface area contributed by atoms with Crippen LogP contribution in [-0.2, 0) is 0 Å². The highest BCUT2D eigenvalue weighted by atomic mass is 32.2. The van der Waals surface area contributed by atoms with E-state index in [9.17, 15) is 9.59 Å². The van der Waals surface area contributed by atoms with E-state index in [2.05, 4.69) is 9.98 Å². The molecule has 0 aromatic heterocycles. The molecule has 0 radical (unpaired) electrons. The van der Waals surface area contributed by atoms with Crippen molar-refractivity contribution in [2.45, 2.75) is 4.90 Å². The standard InChI is InChI=1S/C11H8N2O2S/c1-16-8-4-2-7(3-5-8)10(14)9-6-12-11(15)13-9/h2-6H,1H3. The second kappa shape index (κ2) is 4.40. The van der Waals surface area contributed by atoms with Crippen LogP contribution in [0.2, 0.25) is 0 Å². The molecule has 0 N–H and O–H groups in total. The Morgan fingerprint density at radius 1 is 1.25 bits per heavy atom. The lowest BCUT2D eigenvalue weighted by molar-refractivity contribution is 0.106. The normalized spacial score (nSPS) is 14.1. The summed E-state index contributed by atoms with van der Waals surface area (Å²) in [6.45, 7) is 0. The lowest BCUT2D eigenvalue weighted by atomic mass is 10.1. The maximum atomic E-state index is 11.8. The molecule has 0 bridgehead atoms. The molecule has 0 aliphatic carbocycles. The molecule has 2 rings (SSSR count). The first-order valence-electron chi connectivity index (χ1n) is 4.56. The number of rotatable bonds is 3. The van der Waals surface area contributed by atoms with Crippen molar-refractivity contribution in [3.63, 3.8) is 0 Å². The molecule has 0 spiro atoms. The number of amides is 2. The van der Waals surface area contributed by atoms with Crippen LogP contribution in [0.5, 0.6) is 0 Å². The molecular weight excluding hydrogens is 224 g/mol. The van der Waals surface area contributed by atoms with Gasteiger partial charge in [0.15, 0.2) is 0 Å². The van der Waals surface area contributed by atoms with Gasteiger partial charge in [0.05, 0.1) is 6.21 Å². The molecule has 1 aromatic rings.